The van der Waals surface area contributed by atoms with Gasteiger partial charge in [-0.3, -0.25) is 4.79 Å². The molecule has 1 N–H and O–H groups in total. The number of hydrogen-bond acceptors (Lipinski definition) is 5. The Bertz CT molecular complexity index is 833. The van der Waals surface area contributed by atoms with E-state index in [1.165, 1.54) is 6.08 Å². The Hall–Kier alpha value is -2.99. The van der Waals surface area contributed by atoms with Crippen LogP contribution >= 0.6 is 0 Å². The van der Waals surface area contributed by atoms with Crippen LogP contribution in [0.2, 0.25) is 0 Å². The van der Waals surface area contributed by atoms with Crippen LogP contribution in [-0.2, 0) is 4.79 Å². The average Bonchev–Trinajstić information content (AvgIpc) is 3.14. The van der Waals surface area contributed by atoms with Gasteiger partial charge >= 0.3 is 0 Å². The number of carbonyl (C=O) groups excluding carboxylic acids is 1. The molecule has 1 aliphatic rings. The summed E-state index contributed by atoms with van der Waals surface area (Å²) >= 11 is 0. The topological polar surface area (TPSA) is 60.0 Å². The highest BCUT2D eigenvalue weighted by Gasteiger charge is 2.16. The third-order valence-electron chi connectivity index (χ3n) is 4.40. The quantitative estimate of drug-likeness (QED) is 0.762. The summed E-state index contributed by atoms with van der Waals surface area (Å²) in [6.45, 7) is 0.726. The van der Waals surface area contributed by atoms with Gasteiger partial charge in [-0.15, -0.1) is 0 Å². The molecule has 0 saturated heterocycles. The van der Waals surface area contributed by atoms with Crippen molar-refractivity contribution in [3.05, 3.63) is 59.7 Å². The van der Waals surface area contributed by atoms with E-state index in [9.17, 15) is 4.79 Å². The normalized spacial score (nSPS) is 13.8. The van der Waals surface area contributed by atoms with Gasteiger partial charge in [-0.1, -0.05) is 18.2 Å². The zero-order valence-corrected chi connectivity index (χ0v) is 15.8. The summed E-state index contributed by atoms with van der Waals surface area (Å²) in [5.41, 5.74) is 1.96. The summed E-state index contributed by atoms with van der Waals surface area (Å²) < 4.78 is 15.9. The zero-order valence-electron chi connectivity index (χ0n) is 15.8. The van der Waals surface area contributed by atoms with Gasteiger partial charge in [0.2, 0.25) is 12.7 Å². The molecule has 6 heteroatoms. The van der Waals surface area contributed by atoms with Gasteiger partial charge in [-0.25, -0.2) is 0 Å². The number of methoxy groups -OCH3 is 1. The molecule has 3 rings (SSSR count). The van der Waals surface area contributed by atoms with Crippen molar-refractivity contribution >= 4 is 12.0 Å². The average molecular weight is 368 g/mol. The van der Waals surface area contributed by atoms with Gasteiger partial charge in [-0.2, -0.15) is 0 Å². The molecule has 142 valence electrons. The van der Waals surface area contributed by atoms with Crippen LogP contribution in [0.25, 0.3) is 6.08 Å². The van der Waals surface area contributed by atoms with Crippen molar-refractivity contribution in [2.75, 3.05) is 34.5 Å². The van der Waals surface area contributed by atoms with Crippen LogP contribution in [0.1, 0.15) is 17.2 Å². The zero-order chi connectivity index (χ0) is 19.2. The van der Waals surface area contributed by atoms with E-state index in [1.807, 2.05) is 56.6 Å². The largest absolute Gasteiger partial charge is 0.497 e. The molecule has 1 heterocycles. The number of rotatable bonds is 7. The maximum Gasteiger partial charge on any atom is 0.244 e. The second kappa shape index (κ2) is 8.60. The molecule has 27 heavy (non-hydrogen) atoms. The fraction of sp³-hybridized carbons (Fsp3) is 0.286. The van der Waals surface area contributed by atoms with E-state index in [1.54, 1.807) is 13.2 Å². The number of hydrogen-bond donors (Lipinski definition) is 1. The van der Waals surface area contributed by atoms with Gasteiger partial charge in [0.15, 0.2) is 11.5 Å². The molecule has 6 nitrogen and oxygen atoms in total. The Balaban J connectivity index is 1.60. The maximum atomic E-state index is 12.2. The van der Waals surface area contributed by atoms with Crippen molar-refractivity contribution in [2.24, 2.45) is 0 Å². The van der Waals surface area contributed by atoms with Gasteiger partial charge in [0.1, 0.15) is 5.75 Å². The SMILES string of the molecule is COc1cccc([C@H](CNC(=O)/C=C\c2ccc3c(c2)OCO3)N(C)C)c1. The molecule has 0 fully saturated rings. The Labute approximate surface area is 159 Å². The van der Waals surface area contributed by atoms with E-state index < -0.39 is 0 Å². The highest BCUT2D eigenvalue weighted by Crippen LogP contribution is 2.32. The number of nitrogens with zero attached hydrogens (tertiary/aromatic N) is 1. The number of fused-ring (bicyclic) bond motifs is 1. The first kappa shape index (κ1) is 18.8. The lowest BCUT2D eigenvalue weighted by Crippen LogP contribution is -2.33. The lowest BCUT2D eigenvalue weighted by atomic mass is 10.1. The third-order valence-corrected chi connectivity index (χ3v) is 4.40. The molecule has 1 amide bonds. The van der Waals surface area contributed by atoms with Crippen LogP contribution in [0.15, 0.2) is 48.5 Å². The van der Waals surface area contributed by atoms with Crippen molar-refractivity contribution in [1.29, 1.82) is 0 Å². The minimum Gasteiger partial charge on any atom is -0.497 e. The standard InChI is InChI=1S/C21H24N2O4/c1-23(2)18(16-5-4-6-17(12-16)25-3)13-22-21(24)10-8-15-7-9-19-20(11-15)27-14-26-19/h4-12,18H,13-14H2,1-3H3,(H,22,24)/b10-8-/t18-/m0/s1. The first-order valence-electron chi connectivity index (χ1n) is 8.73. The first-order valence-corrected chi connectivity index (χ1v) is 8.73. The Morgan fingerprint density at radius 3 is 2.81 bits per heavy atom. The lowest BCUT2D eigenvalue weighted by Gasteiger charge is -2.25. The minimum atomic E-state index is -0.151. The van der Waals surface area contributed by atoms with Gasteiger partial charge in [0.25, 0.3) is 0 Å². The van der Waals surface area contributed by atoms with E-state index in [0.29, 0.717) is 12.3 Å². The molecular weight excluding hydrogens is 344 g/mol. The van der Waals surface area contributed by atoms with Crippen LogP contribution in [0, 0.1) is 0 Å². The molecule has 0 bridgehead atoms. The molecule has 0 aromatic heterocycles. The minimum absolute atomic E-state index is 0.0444. The van der Waals surface area contributed by atoms with Crippen molar-refractivity contribution in [2.45, 2.75) is 6.04 Å². The summed E-state index contributed by atoms with van der Waals surface area (Å²) in [5, 5.41) is 2.96. The van der Waals surface area contributed by atoms with E-state index in [-0.39, 0.29) is 18.7 Å². The van der Waals surface area contributed by atoms with Crippen molar-refractivity contribution in [1.82, 2.24) is 10.2 Å². The summed E-state index contributed by atoms with van der Waals surface area (Å²) in [7, 11) is 5.62. The van der Waals surface area contributed by atoms with Crippen LogP contribution in [0.3, 0.4) is 0 Å². The molecule has 0 aliphatic carbocycles. The van der Waals surface area contributed by atoms with E-state index >= 15 is 0 Å². The Morgan fingerprint density at radius 2 is 2.04 bits per heavy atom. The summed E-state index contributed by atoms with van der Waals surface area (Å²) in [6.07, 6.45) is 3.28. The molecule has 0 unspecified atom stereocenters. The number of likely N-dealkylation sites (N-methyl/N-ethyl adjacent to an activating group) is 1. The van der Waals surface area contributed by atoms with Crippen molar-refractivity contribution < 1.29 is 19.0 Å². The van der Waals surface area contributed by atoms with Crippen LogP contribution in [0.5, 0.6) is 17.2 Å². The van der Waals surface area contributed by atoms with Crippen molar-refractivity contribution in [3.8, 4) is 17.2 Å². The molecule has 2 aromatic carbocycles. The second-order valence-corrected chi connectivity index (χ2v) is 6.45. The molecule has 0 radical (unpaired) electrons. The second-order valence-electron chi connectivity index (χ2n) is 6.45. The van der Waals surface area contributed by atoms with E-state index in [4.69, 9.17) is 14.2 Å². The number of ether oxygens (including phenoxy) is 3. The number of nitrogens with one attached hydrogen (secondary N) is 1. The number of carbonyl (C=O) groups is 1. The highest BCUT2D eigenvalue weighted by atomic mass is 16.7. The van der Waals surface area contributed by atoms with E-state index in [2.05, 4.69) is 10.2 Å². The van der Waals surface area contributed by atoms with Crippen molar-refractivity contribution in [3.63, 3.8) is 0 Å². The number of amides is 1. The van der Waals surface area contributed by atoms with Crippen LogP contribution in [-0.4, -0.2) is 45.3 Å². The molecule has 1 atom stereocenters. The van der Waals surface area contributed by atoms with E-state index in [0.717, 1.165) is 22.6 Å². The molecule has 0 saturated carbocycles. The Kier molecular flexibility index (Phi) is 5.98. The fourth-order valence-electron chi connectivity index (χ4n) is 2.89. The first-order chi connectivity index (χ1) is 13.1. The maximum absolute atomic E-state index is 12.2. The molecule has 1 aliphatic heterocycles. The summed E-state index contributed by atoms with van der Waals surface area (Å²) in [5.74, 6) is 2.07. The van der Waals surface area contributed by atoms with Gasteiger partial charge in [-0.05, 0) is 55.6 Å². The monoisotopic (exact) mass is 368 g/mol. The summed E-state index contributed by atoms with van der Waals surface area (Å²) in [6, 6.07) is 13.5. The van der Waals surface area contributed by atoms with Gasteiger partial charge in [0.05, 0.1) is 13.2 Å². The molecule has 0 spiro atoms. The summed E-state index contributed by atoms with van der Waals surface area (Å²) in [4.78, 5) is 14.3. The predicted octanol–water partition coefficient (Wildman–Crippen LogP) is 2.86. The fourth-order valence-corrected chi connectivity index (χ4v) is 2.89. The smallest absolute Gasteiger partial charge is 0.244 e. The van der Waals surface area contributed by atoms with Gasteiger partial charge < -0.3 is 24.4 Å². The molecule has 2 aromatic rings. The Morgan fingerprint density at radius 1 is 1.22 bits per heavy atom. The molecular formula is C21H24N2O4. The van der Waals surface area contributed by atoms with Crippen LogP contribution < -0.4 is 19.5 Å². The lowest BCUT2D eigenvalue weighted by molar-refractivity contribution is -0.116. The van der Waals surface area contributed by atoms with Crippen LogP contribution in [0.4, 0.5) is 0 Å². The van der Waals surface area contributed by atoms with Gasteiger partial charge in [0, 0.05) is 12.6 Å². The highest BCUT2D eigenvalue weighted by molar-refractivity contribution is 5.91. The number of benzene rings is 2. The third kappa shape index (κ3) is 4.80. The predicted molar refractivity (Wildman–Crippen MR) is 104 cm³/mol.